The Balaban J connectivity index is 2.44. The third-order valence-electron chi connectivity index (χ3n) is 4.44. The molecule has 0 aliphatic rings. The number of rotatable bonds is 10. The van der Waals surface area contributed by atoms with Crippen molar-refractivity contribution in [1.82, 2.24) is 10.3 Å². The highest BCUT2D eigenvalue weighted by atomic mass is 16.6. The number of nitrogens with zero attached hydrogens (tertiary/aromatic N) is 2. The fourth-order valence-corrected chi connectivity index (χ4v) is 3.02. The van der Waals surface area contributed by atoms with E-state index in [-0.39, 0.29) is 25.3 Å². The Bertz CT molecular complexity index is 829. The maximum atomic E-state index is 13.2. The molecule has 160 valence electrons. The maximum absolute atomic E-state index is 13.2. The number of amides is 2. The summed E-state index contributed by atoms with van der Waals surface area (Å²) in [6.07, 6.45) is 1.82. The smallest absolute Gasteiger partial charge is 0.416 e. The predicted molar refractivity (Wildman–Crippen MR) is 112 cm³/mol. The average Bonchev–Trinajstić information content (AvgIpc) is 2.74. The van der Waals surface area contributed by atoms with Crippen LogP contribution in [0.2, 0.25) is 0 Å². The molecule has 30 heavy (non-hydrogen) atoms. The number of pyridine rings is 1. The molecule has 2 atom stereocenters. The first-order chi connectivity index (χ1) is 14.5. The summed E-state index contributed by atoms with van der Waals surface area (Å²) in [5.41, 5.74) is 0.810. The standard InChI is InChI=1S/C22H27N3O5/c1-3-10-17(21(27)28)24-20(26)18(15-16-11-6-5-7-12-16)25(22(29)30-4-2)19-13-8-9-14-23-19/h5-9,11-14,17-18H,3-4,10,15H2,1-2H3,(H,24,26)(H,27,28). The molecule has 8 nitrogen and oxygen atoms in total. The lowest BCUT2D eigenvalue weighted by atomic mass is 10.0. The number of hydrogen-bond acceptors (Lipinski definition) is 5. The number of aliphatic carboxylic acids is 1. The zero-order chi connectivity index (χ0) is 21.9. The normalized spacial score (nSPS) is 12.5. The van der Waals surface area contributed by atoms with Crippen LogP contribution < -0.4 is 10.2 Å². The molecule has 0 spiro atoms. The number of carbonyl (C=O) groups is 3. The highest BCUT2D eigenvalue weighted by molar-refractivity contribution is 5.98. The molecule has 1 aromatic heterocycles. The zero-order valence-electron chi connectivity index (χ0n) is 17.2. The van der Waals surface area contributed by atoms with Crippen LogP contribution in [0.25, 0.3) is 0 Å². The second-order valence-electron chi connectivity index (χ2n) is 6.65. The monoisotopic (exact) mass is 413 g/mol. The topological polar surface area (TPSA) is 109 Å². The van der Waals surface area contributed by atoms with Crippen molar-refractivity contribution in [2.24, 2.45) is 0 Å². The summed E-state index contributed by atoms with van der Waals surface area (Å²) in [6, 6.07) is 12.1. The van der Waals surface area contributed by atoms with Crippen LogP contribution in [0.3, 0.4) is 0 Å². The van der Waals surface area contributed by atoms with Crippen LogP contribution in [0.15, 0.2) is 54.7 Å². The molecule has 1 heterocycles. The SMILES string of the molecule is CCCC(NC(=O)C(Cc1ccccc1)N(C(=O)OCC)c1ccccn1)C(=O)O. The molecule has 2 N–H and O–H groups in total. The van der Waals surface area contributed by atoms with Crippen LogP contribution in [0.1, 0.15) is 32.3 Å². The summed E-state index contributed by atoms with van der Waals surface area (Å²) in [7, 11) is 0. The number of ether oxygens (including phenoxy) is 1. The van der Waals surface area contributed by atoms with Gasteiger partial charge in [-0.3, -0.25) is 4.79 Å². The van der Waals surface area contributed by atoms with Crippen molar-refractivity contribution in [2.75, 3.05) is 11.5 Å². The molecular formula is C22H27N3O5. The van der Waals surface area contributed by atoms with Crippen molar-refractivity contribution in [1.29, 1.82) is 0 Å². The van der Waals surface area contributed by atoms with E-state index >= 15 is 0 Å². The van der Waals surface area contributed by atoms with Crippen molar-refractivity contribution in [3.8, 4) is 0 Å². The van der Waals surface area contributed by atoms with E-state index in [1.165, 1.54) is 11.1 Å². The van der Waals surface area contributed by atoms with Gasteiger partial charge >= 0.3 is 12.1 Å². The van der Waals surface area contributed by atoms with E-state index < -0.39 is 30.1 Å². The van der Waals surface area contributed by atoms with Crippen molar-refractivity contribution in [3.63, 3.8) is 0 Å². The fraction of sp³-hybridized carbons (Fsp3) is 0.364. The van der Waals surface area contributed by atoms with Gasteiger partial charge in [0.05, 0.1) is 6.61 Å². The van der Waals surface area contributed by atoms with Crippen LogP contribution >= 0.6 is 0 Å². The van der Waals surface area contributed by atoms with Gasteiger partial charge in [-0.25, -0.2) is 19.5 Å². The fourth-order valence-electron chi connectivity index (χ4n) is 3.02. The van der Waals surface area contributed by atoms with E-state index in [0.29, 0.717) is 6.42 Å². The Morgan fingerprint density at radius 3 is 2.37 bits per heavy atom. The Hall–Kier alpha value is -3.42. The number of hydrogen-bond donors (Lipinski definition) is 2. The van der Waals surface area contributed by atoms with Crippen LogP contribution in [-0.2, 0) is 20.7 Å². The Morgan fingerprint density at radius 2 is 1.80 bits per heavy atom. The molecule has 0 saturated carbocycles. The zero-order valence-corrected chi connectivity index (χ0v) is 17.2. The van der Waals surface area contributed by atoms with E-state index in [9.17, 15) is 19.5 Å². The number of anilines is 1. The number of carboxylic acid groups (broad SMARTS) is 1. The molecule has 2 unspecified atom stereocenters. The molecule has 0 bridgehead atoms. The Morgan fingerprint density at radius 1 is 1.10 bits per heavy atom. The molecule has 2 amide bonds. The highest BCUT2D eigenvalue weighted by Gasteiger charge is 2.35. The van der Waals surface area contributed by atoms with Gasteiger partial charge in [-0.2, -0.15) is 0 Å². The van der Waals surface area contributed by atoms with E-state index in [0.717, 1.165) is 5.56 Å². The summed E-state index contributed by atoms with van der Waals surface area (Å²) in [6.45, 7) is 3.63. The highest BCUT2D eigenvalue weighted by Crippen LogP contribution is 2.19. The van der Waals surface area contributed by atoms with E-state index in [1.54, 1.807) is 25.1 Å². The molecule has 0 radical (unpaired) electrons. The third kappa shape index (κ3) is 6.30. The summed E-state index contributed by atoms with van der Waals surface area (Å²) in [5, 5.41) is 12.0. The van der Waals surface area contributed by atoms with Crippen molar-refractivity contribution < 1.29 is 24.2 Å². The predicted octanol–water partition coefficient (Wildman–Crippen LogP) is 3.03. The van der Waals surface area contributed by atoms with Crippen LogP contribution in [0.5, 0.6) is 0 Å². The van der Waals surface area contributed by atoms with Crippen molar-refractivity contribution in [2.45, 2.75) is 45.2 Å². The Labute approximate surface area is 175 Å². The molecule has 0 aliphatic heterocycles. The Kier molecular flexibility index (Phi) is 8.80. The summed E-state index contributed by atoms with van der Waals surface area (Å²) >= 11 is 0. The molecule has 1 aromatic carbocycles. The number of nitrogens with one attached hydrogen (secondary N) is 1. The summed E-state index contributed by atoms with van der Waals surface area (Å²) < 4.78 is 5.18. The van der Waals surface area contributed by atoms with Gasteiger partial charge in [-0.05, 0) is 31.0 Å². The number of benzene rings is 1. The molecule has 2 rings (SSSR count). The third-order valence-corrected chi connectivity index (χ3v) is 4.44. The van der Waals surface area contributed by atoms with E-state index in [2.05, 4.69) is 10.3 Å². The van der Waals surface area contributed by atoms with Gasteiger partial charge in [-0.15, -0.1) is 0 Å². The lowest BCUT2D eigenvalue weighted by molar-refractivity contribution is -0.142. The largest absolute Gasteiger partial charge is 0.480 e. The van der Waals surface area contributed by atoms with Crippen molar-refractivity contribution >= 4 is 23.8 Å². The summed E-state index contributed by atoms with van der Waals surface area (Å²) in [4.78, 5) is 42.9. The van der Waals surface area contributed by atoms with Gasteiger partial charge in [-0.1, -0.05) is 49.7 Å². The maximum Gasteiger partial charge on any atom is 0.416 e. The van der Waals surface area contributed by atoms with Crippen molar-refractivity contribution in [3.05, 3.63) is 60.3 Å². The lowest BCUT2D eigenvalue weighted by Gasteiger charge is -2.30. The van der Waals surface area contributed by atoms with Crippen LogP contribution in [0, 0.1) is 0 Å². The number of carbonyl (C=O) groups excluding carboxylic acids is 2. The first-order valence-electron chi connectivity index (χ1n) is 9.92. The minimum absolute atomic E-state index is 0.120. The van der Waals surface area contributed by atoms with Gasteiger partial charge in [0.2, 0.25) is 5.91 Å². The minimum Gasteiger partial charge on any atom is -0.480 e. The van der Waals surface area contributed by atoms with Gasteiger partial charge in [0.1, 0.15) is 17.9 Å². The van der Waals surface area contributed by atoms with Gasteiger partial charge in [0, 0.05) is 12.6 Å². The number of carboxylic acids is 1. The van der Waals surface area contributed by atoms with Crippen LogP contribution in [0.4, 0.5) is 10.6 Å². The second-order valence-corrected chi connectivity index (χ2v) is 6.65. The van der Waals surface area contributed by atoms with Gasteiger partial charge in [0.15, 0.2) is 0 Å². The molecule has 0 saturated heterocycles. The molecule has 0 aliphatic carbocycles. The first kappa shape index (κ1) is 22.9. The first-order valence-corrected chi connectivity index (χ1v) is 9.92. The second kappa shape index (κ2) is 11.5. The van der Waals surface area contributed by atoms with E-state index in [1.807, 2.05) is 37.3 Å². The molecule has 2 aromatic rings. The quantitative estimate of drug-likeness (QED) is 0.620. The van der Waals surface area contributed by atoms with E-state index in [4.69, 9.17) is 4.74 Å². The van der Waals surface area contributed by atoms with Crippen LogP contribution in [-0.4, -0.2) is 46.8 Å². The molecule has 0 fully saturated rings. The minimum atomic E-state index is -1.12. The summed E-state index contributed by atoms with van der Waals surface area (Å²) in [5.74, 6) is -1.46. The van der Waals surface area contributed by atoms with Gasteiger partial charge < -0.3 is 15.2 Å². The average molecular weight is 413 g/mol. The number of aromatic nitrogens is 1. The van der Waals surface area contributed by atoms with Gasteiger partial charge in [0.25, 0.3) is 0 Å². The lowest BCUT2D eigenvalue weighted by Crippen LogP contribution is -2.55. The molecule has 8 heteroatoms. The molecular weight excluding hydrogens is 386 g/mol.